The number of ether oxygens (including phenoxy) is 1. The van der Waals surface area contributed by atoms with Crippen molar-refractivity contribution in [1.82, 2.24) is 0 Å². The van der Waals surface area contributed by atoms with E-state index < -0.39 is 5.97 Å². The number of aromatic carboxylic acids is 1. The molecule has 0 aliphatic heterocycles. The zero-order valence-electron chi connectivity index (χ0n) is 18.9. The van der Waals surface area contributed by atoms with Crippen LogP contribution in [0.3, 0.4) is 0 Å². The quantitative estimate of drug-likeness (QED) is 0.475. The summed E-state index contributed by atoms with van der Waals surface area (Å²) in [5, 5.41) is 16.5. The Kier molecular flexibility index (Phi) is 6.76. The van der Waals surface area contributed by atoms with E-state index in [1.54, 1.807) is 19.2 Å². The van der Waals surface area contributed by atoms with Crippen LogP contribution in [0.5, 0.6) is 0 Å². The number of fused-ring (bicyclic) bond motifs is 1. The molecule has 7 heteroatoms. The summed E-state index contributed by atoms with van der Waals surface area (Å²) in [5.41, 5.74) is 2.40. The second-order valence-electron chi connectivity index (χ2n) is 9.63. The Hall–Kier alpha value is -2.38. The zero-order valence-corrected chi connectivity index (χ0v) is 19.7. The van der Waals surface area contributed by atoms with Gasteiger partial charge in [-0.05, 0) is 59.9 Å². The van der Waals surface area contributed by atoms with Crippen molar-refractivity contribution in [2.24, 2.45) is 5.41 Å². The van der Waals surface area contributed by atoms with E-state index in [2.05, 4.69) is 38.3 Å². The fraction of sp³-hybridized carbons (Fsp3) is 0.500. The highest BCUT2D eigenvalue weighted by atomic mass is 32.1. The van der Waals surface area contributed by atoms with Crippen molar-refractivity contribution in [3.05, 3.63) is 45.8 Å². The fourth-order valence-electron chi connectivity index (χ4n) is 4.68. The maximum absolute atomic E-state index is 12.9. The summed E-state index contributed by atoms with van der Waals surface area (Å²) in [7, 11) is 1.68. The minimum atomic E-state index is -0.989. The average molecular weight is 445 g/mol. The van der Waals surface area contributed by atoms with Gasteiger partial charge in [0.1, 0.15) is 5.00 Å². The molecule has 0 radical (unpaired) electrons. The first-order chi connectivity index (χ1) is 14.5. The topological polar surface area (TPSA) is 87.7 Å². The number of nitrogens with one attached hydrogen (secondary N) is 2. The third-order valence-electron chi connectivity index (χ3n) is 5.64. The van der Waals surface area contributed by atoms with Crippen LogP contribution in [0.2, 0.25) is 0 Å². The largest absolute Gasteiger partial charge is 0.478 e. The van der Waals surface area contributed by atoms with Crippen LogP contribution >= 0.6 is 11.3 Å². The van der Waals surface area contributed by atoms with Crippen LogP contribution in [0.25, 0.3) is 0 Å². The molecule has 1 heterocycles. The molecule has 31 heavy (non-hydrogen) atoms. The third-order valence-corrected chi connectivity index (χ3v) is 7.15. The zero-order chi connectivity index (χ0) is 22.8. The van der Waals surface area contributed by atoms with Crippen molar-refractivity contribution in [3.8, 4) is 0 Å². The lowest BCUT2D eigenvalue weighted by Crippen LogP contribution is -2.34. The van der Waals surface area contributed by atoms with Crippen molar-refractivity contribution in [2.45, 2.75) is 52.4 Å². The van der Waals surface area contributed by atoms with Crippen LogP contribution in [-0.4, -0.2) is 37.2 Å². The van der Waals surface area contributed by atoms with E-state index in [0.29, 0.717) is 23.6 Å². The van der Waals surface area contributed by atoms with Crippen molar-refractivity contribution in [1.29, 1.82) is 0 Å². The molecule has 1 amide bonds. The Labute approximate surface area is 188 Å². The first-order valence-corrected chi connectivity index (χ1v) is 11.4. The first-order valence-electron chi connectivity index (χ1n) is 10.6. The molecule has 6 nitrogen and oxygen atoms in total. The number of rotatable bonds is 8. The first kappa shape index (κ1) is 23.3. The lowest BCUT2D eigenvalue weighted by molar-refractivity contribution is 0.0696. The van der Waals surface area contributed by atoms with E-state index in [1.165, 1.54) is 11.3 Å². The highest BCUT2D eigenvalue weighted by Crippen LogP contribution is 2.52. The van der Waals surface area contributed by atoms with Crippen molar-refractivity contribution in [3.63, 3.8) is 0 Å². The minimum Gasteiger partial charge on any atom is -0.478 e. The molecule has 0 saturated carbocycles. The molecule has 0 atom stereocenters. The molecule has 1 aliphatic carbocycles. The summed E-state index contributed by atoms with van der Waals surface area (Å²) in [6, 6.07) is 7.19. The van der Waals surface area contributed by atoms with E-state index in [0.717, 1.165) is 35.5 Å². The molecule has 3 N–H and O–H groups in total. The van der Waals surface area contributed by atoms with Gasteiger partial charge in [0, 0.05) is 36.4 Å². The second kappa shape index (κ2) is 9.01. The highest BCUT2D eigenvalue weighted by molar-refractivity contribution is 7.17. The maximum atomic E-state index is 12.9. The molecule has 0 saturated heterocycles. The smallest absolute Gasteiger partial charge is 0.339 e. The van der Waals surface area contributed by atoms with E-state index in [4.69, 9.17) is 4.74 Å². The summed E-state index contributed by atoms with van der Waals surface area (Å²) in [6.45, 7) is 10.1. The molecule has 2 aromatic rings. The van der Waals surface area contributed by atoms with Crippen LogP contribution in [0, 0.1) is 5.41 Å². The number of benzene rings is 1. The summed E-state index contributed by atoms with van der Waals surface area (Å²) < 4.78 is 5.03. The Bertz CT molecular complexity index is 961. The van der Waals surface area contributed by atoms with E-state index in [9.17, 15) is 14.7 Å². The number of carboxylic acid groups (broad SMARTS) is 1. The Morgan fingerprint density at radius 2 is 1.84 bits per heavy atom. The van der Waals surface area contributed by atoms with E-state index in [1.807, 2.05) is 12.1 Å². The summed E-state index contributed by atoms with van der Waals surface area (Å²) in [4.78, 5) is 26.1. The molecule has 0 unspecified atom stereocenters. The minimum absolute atomic E-state index is 0.00906. The van der Waals surface area contributed by atoms with Crippen molar-refractivity contribution < 1.29 is 19.4 Å². The van der Waals surface area contributed by atoms with Gasteiger partial charge in [0.05, 0.1) is 5.56 Å². The summed E-state index contributed by atoms with van der Waals surface area (Å²) in [6.07, 6.45) is 2.56. The van der Waals surface area contributed by atoms with E-state index >= 15 is 0 Å². The standard InChI is InChI=1S/C24H32N2O4S/c1-23(2)13-17-18(22(28)29)21(31-19(17)24(3,4)14-23)26-20(27)15-7-9-16(10-8-15)25-11-6-12-30-5/h7-10,25H,6,11-14H2,1-5H3,(H,26,27)(H,28,29). The number of carbonyl (C=O) groups is 2. The van der Waals surface area contributed by atoms with E-state index in [-0.39, 0.29) is 22.3 Å². The molecular weight excluding hydrogens is 412 g/mol. The molecular formula is C24H32N2O4S. The summed E-state index contributed by atoms with van der Waals surface area (Å²) in [5.74, 6) is -1.29. The van der Waals surface area contributed by atoms with Gasteiger partial charge in [-0.15, -0.1) is 11.3 Å². The normalized spacial score (nSPS) is 16.4. The number of hydrogen-bond donors (Lipinski definition) is 3. The Balaban J connectivity index is 1.81. The predicted molar refractivity (Wildman–Crippen MR) is 126 cm³/mol. The molecule has 1 aromatic carbocycles. The molecule has 0 bridgehead atoms. The monoisotopic (exact) mass is 444 g/mol. The number of methoxy groups -OCH3 is 1. The second-order valence-corrected chi connectivity index (χ2v) is 10.6. The molecule has 0 fully saturated rings. The van der Waals surface area contributed by atoms with Crippen LogP contribution in [-0.2, 0) is 16.6 Å². The summed E-state index contributed by atoms with van der Waals surface area (Å²) >= 11 is 1.40. The highest BCUT2D eigenvalue weighted by Gasteiger charge is 2.42. The molecule has 1 aliphatic rings. The van der Waals surface area contributed by atoms with Crippen LogP contribution < -0.4 is 10.6 Å². The van der Waals surface area contributed by atoms with Gasteiger partial charge in [-0.25, -0.2) is 4.79 Å². The molecule has 3 rings (SSSR count). The Morgan fingerprint density at radius 3 is 2.45 bits per heavy atom. The maximum Gasteiger partial charge on any atom is 0.339 e. The van der Waals surface area contributed by atoms with Gasteiger partial charge in [-0.1, -0.05) is 27.7 Å². The SMILES string of the molecule is COCCCNc1ccc(C(=O)Nc2sc3c(c2C(=O)O)CC(C)(C)CC3(C)C)cc1. The van der Waals surface area contributed by atoms with Gasteiger partial charge < -0.3 is 20.5 Å². The lowest BCUT2D eigenvalue weighted by Gasteiger charge is -2.40. The van der Waals surface area contributed by atoms with Crippen molar-refractivity contribution >= 4 is 33.9 Å². The number of hydrogen-bond acceptors (Lipinski definition) is 5. The number of thiophene rings is 1. The molecule has 168 valence electrons. The van der Waals surface area contributed by atoms with Crippen molar-refractivity contribution in [2.75, 3.05) is 30.9 Å². The van der Waals surface area contributed by atoms with Gasteiger partial charge in [0.2, 0.25) is 0 Å². The third kappa shape index (κ3) is 5.28. The number of carbonyl (C=O) groups excluding carboxylic acids is 1. The van der Waals surface area contributed by atoms with Gasteiger partial charge in [-0.2, -0.15) is 0 Å². The van der Waals surface area contributed by atoms with Gasteiger partial charge in [0.15, 0.2) is 0 Å². The lowest BCUT2D eigenvalue weighted by atomic mass is 9.65. The fourth-order valence-corrected chi connectivity index (χ4v) is 5.98. The van der Waals surface area contributed by atoms with Gasteiger partial charge in [-0.3, -0.25) is 4.79 Å². The van der Waals surface area contributed by atoms with Crippen LogP contribution in [0.1, 0.15) is 71.7 Å². The van der Waals surface area contributed by atoms with Crippen LogP contribution in [0.4, 0.5) is 10.7 Å². The Morgan fingerprint density at radius 1 is 1.16 bits per heavy atom. The van der Waals surface area contributed by atoms with Crippen LogP contribution in [0.15, 0.2) is 24.3 Å². The number of amides is 1. The molecule has 0 spiro atoms. The number of carboxylic acids is 1. The van der Waals surface area contributed by atoms with Gasteiger partial charge in [0.25, 0.3) is 5.91 Å². The number of anilines is 2. The average Bonchev–Trinajstić information content (AvgIpc) is 3.03. The van der Waals surface area contributed by atoms with Gasteiger partial charge >= 0.3 is 5.97 Å². The molecule has 1 aromatic heterocycles. The predicted octanol–water partition coefficient (Wildman–Crippen LogP) is 5.40.